The van der Waals surface area contributed by atoms with E-state index in [9.17, 15) is 4.79 Å². The van der Waals surface area contributed by atoms with E-state index in [1.165, 1.54) is 5.56 Å². The summed E-state index contributed by atoms with van der Waals surface area (Å²) in [5, 5.41) is 3.28. The Labute approximate surface area is 125 Å². The first-order valence-electron chi connectivity index (χ1n) is 5.96. The van der Waals surface area contributed by atoms with Crippen LogP contribution in [-0.4, -0.2) is 5.91 Å². The van der Waals surface area contributed by atoms with Crippen LogP contribution in [0.4, 0.5) is 5.69 Å². The summed E-state index contributed by atoms with van der Waals surface area (Å²) in [6.07, 6.45) is 0.932. The summed E-state index contributed by atoms with van der Waals surface area (Å²) in [5.41, 5.74) is 2.41. The predicted molar refractivity (Wildman–Crippen MR) is 82.9 cm³/mol. The van der Waals surface area contributed by atoms with E-state index in [1.807, 2.05) is 24.3 Å². The number of hydrogen-bond acceptors (Lipinski definition) is 1. The van der Waals surface area contributed by atoms with Crippen LogP contribution in [0.2, 0.25) is 5.02 Å². The predicted octanol–water partition coefficient (Wildman–Crippen LogP) is 4.92. The number of hydrogen-bond donors (Lipinski definition) is 1. The summed E-state index contributed by atoms with van der Waals surface area (Å²) in [5.74, 6) is -0.209. The second kappa shape index (κ2) is 6.22. The molecule has 0 saturated heterocycles. The molecule has 0 atom stereocenters. The second-order valence-electron chi connectivity index (χ2n) is 4.11. The molecule has 0 saturated carbocycles. The minimum Gasteiger partial charge on any atom is -0.322 e. The average molecular weight is 339 g/mol. The molecule has 2 aromatic rings. The molecular weight excluding hydrogens is 326 g/mol. The lowest BCUT2D eigenvalue weighted by molar-refractivity contribution is 0.102. The van der Waals surface area contributed by atoms with Crippen LogP contribution < -0.4 is 5.32 Å². The van der Waals surface area contributed by atoms with Crippen LogP contribution in [0.15, 0.2) is 46.9 Å². The Balaban J connectivity index is 2.23. The number of aryl methyl sites for hydroxylation is 1. The van der Waals surface area contributed by atoms with Crippen molar-refractivity contribution in [1.29, 1.82) is 0 Å². The summed E-state index contributed by atoms with van der Waals surface area (Å²) in [6, 6.07) is 13.1. The van der Waals surface area contributed by atoms with Gasteiger partial charge in [-0.3, -0.25) is 4.79 Å². The van der Waals surface area contributed by atoms with Crippen molar-refractivity contribution in [2.24, 2.45) is 0 Å². The fraction of sp³-hybridized carbons (Fsp3) is 0.133. The fourth-order valence-electron chi connectivity index (χ4n) is 1.75. The van der Waals surface area contributed by atoms with Crippen molar-refractivity contribution in [3.63, 3.8) is 0 Å². The Morgan fingerprint density at radius 3 is 2.74 bits per heavy atom. The SMILES string of the molecule is CCc1cccc(NC(=O)c2cccc(Br)c2Cl)c1. The van der Waals surface area contributed by atoms with Gasteiger partial charge in [-0.05, 0) is 52.2 Å². The van der Waals surface area contributed by atoms with Crippen LogP contribution in [0.3, 0.4) is 0 Å². The molecule has 0 spiro atoms. The monoisotopic (exact) mass is 337 g/mol. The second-order valence-corrected chi connectivity index (χ2v) is 5.34. The van der Waals surface area contributed by atoms with Gasteiger partial charge in [0.25, 0.3) is 5.91 Å². The molecule has 0 bridgehead atoms. The molecule has 0 unspecified atom stereocenters. The number of anilines is 1. The molecule has 0 fully saturated rings. The molecule has 0 radical (unpaired) electrons. The average Bonchev–Trinajstić information content (AvgIpc) is 2.42. The van der Waals surface area contributed by atoms with Gasteiger partial charge in [0.1, 0.15) is 0 Å². The molecule has 0 aliphatic rings. The molecule has 2 nitrogen and oxygen atoms in total. The van der Waals surface area contributed by atoms with Crippen molar-refractivity contribution in [3.8, 4) is 0 Å². The summed E-state index contributed by atoms with van der Waals surface area (Å²) in [4.78, 5) is 12.2. The lowest BCUT2D eigenvalue weighted by Gasteiger charge is -2.08. The standard InChI is InChI=1S/C15H13BrClNO/c1-2-10-5-3-6-11(9-10)18-15(19)12-7-4-8-13(16)14(12)17/h3-9H,2H2,1H3,(H,18,19). The molecule has 1 amide bonds. The van der Waals surface area contributed by atoms with E-state index < -0.39 is 0 Å². The Bertz CT molecular complexity index is 613. The van der Waals surface area contributed by atoms with Crippen molar-refractivity contribution in [3.05, 3.63) is 63.1 Å². The normalized spacial score (nSPS) is 10.3. The van der Waals surface area contributed by atoms with Gasteiger partial charge < -0.3 is 5.32 Å². The summed E-state index contributed by atoms with van der Waals surface area (Å²) in [7, 11) is 0. The molecule has 4 heteroatoms. The largest absolute Gasteiger partial charge is 0.322 e. The van der Waals surface area contributed by atoms with Crippen LogP contribution in [0, 0.1) is 0 Å². The third-order valence-electron chi connectivity index (χ3n) is 2.79. The smallest absolute Gasteiger partial charge is 0.257 e. The van der Waals surface area contributed by atoms with Gasteiger partial charge in [-0.15, -0.1) is 0 Å². The van der Waals surface area contributed by atoms with E-state index in [4.69, 9.17) is 11.6 Å². The number of nitrogens with one attached hydrogen (secondary N) is 1. The van der Waals surface area contributed by atoms with Crippen molar-refractivity contribution in [2.45, 2.75) is 13.3 Å². The molecule has 2 rings (SSSR count). The van der Waals surface area contributed by atoms with Gasteiger partial charge in [-0.25, -0.2) is 0 Å². The summed E-state index contributed by atoms with van der Waals surface area (Å²) < 4.78 is 0.712. The highest BCUT2D eigenvalue weighted by Crippen LogP contribution is 2.26. The zero-order valence-electron chi connectivity index (χ0n) is 10.4. The maximum absolute atomic E-state index is 12.2. The van der Waals surface area contributed by atoms with E-state index in [1.54, 1.807) is 18.2 Å². The van der Waals surface area contributed by atoms with Crippen LogP contribution in [0.5, 0.6) is 0 Å². The van der Waals surface area contributed by atoms with Crippen LogP contribution >= 0.6 is 27.5 Å². The van der Waals surface area contributed by atoms with Crippen molar-refractivity contribution >= 4 is 39.1 Å². The highest BCUT2D eigenvalue weighted by molar-refractivity contribution is 9.10. The molecule has 98 valence electrons. The Morgan fingerprint density at radius 2 is 2.00 bits per heavy atom. The maximum Gasteiger partial charge on any atom is 0.257 e. The topological polar surface area (TPSA) is 29.1 Å². The van der Waals surface area contributed by atoms with Gasteiger partial charge in [-0.2, -0.15) is 0 Å². The number of carbonyl (C=O) groups excluding carboxylic acids is 1. The van der Waals surface area contributed by atoms with Gasteiger partial charge in [-0.1, -0.05) is 36.7 Å². The van der Waals surface area contributed by atoms with Crippen LogP contribution in [0.1, 0.15) is 22.8 Å². The quantitative estimate of drug-likeness (QED) is 0.846. The first kappa shape index (κ1) is 14.1. The Kier molecular flexibility index (Phi) is 4.61. The highest BCUT2D eigenvalue weighted by Gasteiger charge is 2.12. The molecule has 0 heterocycles. The molecule has 0 aliphatic heterocycles. The zero-order valence-corrected chi connectivity index (χ0v) is 12.8. The lowest BCUT2D eigenvalue weighted by Crippen LogP contribution is -2.12. The van der Waals surface area contributed by atoms with E-state index >= 15 is 0 Å². The van der Waals surface area contributed by atoms with E-state index in [0.29, 0.717) is 15.1 Å². The van der Waals surface area contributed by atoms with Gasteiger partial charge in [0.05, 0.1) is 10.6 Å². The summed E-state index contributed by atoms with van der Waals surface area (Å²) >= 11 is 9.42. The minimum atomic E-state index is -0.209. The zero-order chi connectivity index (χ0) is 13.8. The molecule has 19 heavy (non-hydrogen) atoms. The molecule has 0 aliphatic carbocycles. The third kappa shape index (κ3) is 3.37. The number of benzene rings is 2. The third-order valence-corrected chi connectivity index (χ3v) is 4.09. The van der Waals surface area contributed by atoms with Gasteiger partial charge in [0.15, 0.2) is 0 Å². The highest BCUT2D eigenvalue weighted by atomic mass is 79.9. The minimum absolute atomic E-state index is 0.209. The summed E-state index contributed by atoms with van der Waals surface area (Å²) in [6.45, 7) is 2.08. The van der Waals surface area contributed by atoms with Gasteiger partial charge >= 0.3 is 0 Å². The first-order valence-corrected chi connectivity index (χ1v) is 7.13. The van der Waals surface area contributed by atoms with E-state index in [0.717, 1.165) is 12.1 Å². The van der Waals surface area contributed by atoms with E-state index in [2.05, 4.69) is 28.2 Å². The lowest BCUT2D eigenvalue weighted by atomic mass is 10.1. The van der Waals surface area contributed by atoms with Gasteiger partial charge in [0.2, 0.25) is 0 Å². The van der Waals surface area contributed by atoms with Crippen molar-refractivity contribution in [2.75, 3.05) is 5.32 Å². The Morgan fingerprint density at radius 1 is 1.26 bits per heavy atom. The van der Waals surface area contributed by atoms with Gasteiger partial charge in [0, 0.05) is 10.2 Å². The van der Waals surface area contributed by atoms with Crippen molar-refractivity contribution in [1.82, 2.24) is 0 Å². The molecule has 1 N–H and O–H groups in total. The van der Waals surface area contributed by atoms with Crippen LogP contribution in [-0.2, 0) is 6.42 Å². The number of halogens is 2. The maximum atomic E-state index is 12.2. The fourth-order valence-corrected chi connectivity index (χ4v) is 2.32. The van der Waals surface area contributed by atoms with Crippen molar-refractivity contribution < 1.29 is 4.79 Å². The van der Waals surface area contributed by atoms with Crippen LogP contribution in [0.25, 0.3) is 0 Å². The Hall–Kier alpha value is -1.32. The molecule has 0 aromatic heterocycles. The van der Waals surface area contributed by atoms with E-state index in [-0.39, 0.29) is 5.91 Å². The molecular formula is C15H13BrClNO. The first-order chi connectivity index (χ1) is 9.11. The number of carbonyl (C=O) groups is 1. The number of rotatable bonds is 3. The molecule has 2 aromatic carbocycles. The number of amides is 1.